The number of aromatic nitrogens is 2. The first-order valence-corrected chi connectivity index (χ1v) is 6.73. The number of nitrogens with one attached hydrogen (secondary N) is 1. The Balaban J connectivity index is 2.01. The zero-order valence-corrected chi connectivity index (χ0v) is 11.1. The second kappa shape index (κ2) is 5.01. The van der Waals surface area contributed by atoms with Crippen molar-refractivity contribution in [3.05, 3.63) is 24.3 Å². The molecule has 100 valence electrons. The molecule has 1 saturated heterocycles. The molecule has 1 aliphatic rings. The molecular weight excluding hydrogens is 238 g/mol. The molecule has 0 saturated carbocycles. The Morgan fingerprint density at radius 2 is 1.79 bits per heavy atom. The van der Waals surface area contributed by atoms with Crippen molar-refractivity contribution in [2.45, 2.75) is 18.9 Å². The lowest BCUT2D eigenvalue weighted by molar-refractivity contribution is 0.499. The van der Waals surface area contributed by atoms with Crippen LogP contribution in [0.3, 0.4) is 0 Å². The van der Waals surface area contributed by atoms with Gasteiger partial charge in [0, 0.05) is 26.2 Å². The smallest absolute Gasteiger partial charge is 0.172 e. The lowest BCUT2D eigenvalue weighted by Gasteiger charge is -2.31. The average Bonchev–Trinajstić information content (AvgIpc) is 2.46. The number of piperidine rings is 1. The zero-order chi connectivity index (χ0) is 13.2. The van der Waals surface area contributed by atoms with Gasteiger partial charge in [-0.1, -0.05) is 12.1 Å². The van der Waals surface area contributed by atoms with E-state index in [1.807, 2.05) is 31.3 Å². The molecule has 1 aromatic carbocycles. The molecule has 0 amide bonds. The summed E-state index contributed by atoms with van der Waals surface area (Å²) in [6.45, 7) is 1.89. The second-order valence-electron chi connectivity index (χ2n) is 4.96. The van der Waals surface area contributed by atoms with Crippen LogP contribution < -0.4 is 16.0 Å². The summed E-state index contributed by atoms with van der Waals surface area (Å²) in [4.78, 5) is 11.7. The van der Waals surface area contributed by atoms with Gasteiger partial charge in [-0.3, -0.25) is 0 Å². The standard InChI is InChI=1S/C14H19N5/c1-16-13-14(19-8-6-10(15)7-9-19)18-12-5-3-2-4-11(12)17-13/h2-5,10H,6-9,15H2,1H3,(H,16,17). The number of rotatable bonds is 2. The van der Waals surface area contributed by atoms with Crippen LogP contribution >= 0.6 is 0 Å². The van der Waals surface area contributed by atoms with Crippen molar-refractivity contribution < 1.29 is 0 Å². The molecule has 0 radical (unpaired) electrons. The third-order valence-corrected chi connectivity index (χ3v) is 3.63. The zero-order valence-electron chi connectivity index (χ0n) is 11.1. The summed E-state index contributed by atoms with van der Waals surface area (Å²) in [6, 6.07) is 8.28. The van der Waals surface area contributed by atoms with Crippen molar-refractivity contribution in [2.24, 2.45) is 5.73 Å². The molecule has 1 aromatic heterocycles. The molecule has 3 rings (SSSR count). The van der Waals surface area contributed by atoms with E-state index in [0.717, 1.165) is 48.6 Å². The van der Waals surface area contributed by atoms with E-state index in [-0.39, 0.29) is 0 Å². The number of fused-ring (bicyclic) bond motifs is 1. The van der Waals surface area contributed by atoms with Gasteiger partial charge in [0.25, 0.3) is 0 Å². The summed E-state index contributed by atoms with van der Waals surface area (Å²) in [5.74, 6) is 1.78. The number of hydrogen-bond acceptors (Lipinski definition) is 5. The van der Waals surface area contributed by atoms with Crippen molar-refractivity contribution in [3.63, 3.8) is 0 Å². The summed E-state index contributed by atoms with van der Waals surface area (Å²) in [7, 11) is 1.89. The van der Waals surface area contributed by atoms with E-state index in [9.17, 15) is 0 Å². The molecule has 19 heavy (non-hydrogen) atoms. The van der Waals surface area contributed by atoms with Crippen LogP contribution in [-0.2, 0) is 0 Å². The van der Waals surface area contributed by atoms with Crippen molar-refractivity contribution in [1.82, 2.24) is 9.97 Å². The highest BCUT2D eigenvalue weighted by Gasteiger charge is 2.20. The number of para-hydroxylation sites is 2. The molecule has 0 unspecified atom stereocenters. The number of nitrogens with zero attached hydrogens (tertiary/aromatic N) is 3. The van der Waals surface area contributed by atoms with E-state index in [4.69, 9.17) is 10.7 Å². The van der Waals surface area contributed by atoms with Crippen molar-refractivity contribution >= 4 is 22.7 Å². The largest absolute Gasteiger partial charge is 0.370 e. The van der Waals surface area contributed by atoms with Crippen molar-refractivity contribution in [3.8, 4) is 0 Å². The van der Waals surface area contributed by atoms with Crippen LogP contribution in [0.25, 0.3) is 11.0 Å². The molecule has 0 bridgehead atoms. The fraction of sp³-hybridized carbons (Fsp3) is 0.429. The predicted molar refractivity (Wildman–Crippen MR) is 78.5 cm³/mol. The SMILES string of the molecule is CNc1nc2ccccc2nc1N1CCC(N)CC1. The maximum atomic E-state index is 5.96. The average molecular weight is 257 g/mol. The summed E-state index contributed by atoms with van der Waals surface area (Å²) in [5.41, 5.74) is 7.81. The summed E-state index contributed by atoms with van der Waals surface area (Å²) < 4.78 is 0. The molecule has 2 heterocycles. The normalized spacial score (nSPS) is 16.8. The van der Waals surface area contributed by atoms with Crippen LogP contribution in [0.2, 0.25) is 0 Å². The molecule has 5 nitrogen and oxygen atoms in total. The predicted octanol–water partition coefficient (Wildman–Crippen LogP) is 1.60. The van der Waals surface area contributed by atoms with Gasteiger partial charge in [0.1, 0.15) is 0 Å². The van der Waals surface area contributed by atoms with Crippen molar-refractivity contribution in [1.29, 1.82) is 0 Å². The molecule has 2 aromatic rings. The van der Waals surface area contributed by atoms with E-state index in [1.165, 1.54) is 0 Å². The lowest BCUT2D eigenvalue weighted by Crippen LogP contribution is -2.40. The van der Waals surface area contributed by atoms with Crippen LogP contribution in [0.5, 0.6) is 0 Å². The minimum Gasteiger partial charge on any atom is -0.370 e. The number of hydrogen-bond donors (Lipinski definition) is 2. The van der Waals surface area contributed by atoms with Gasteiger partial charge in [-0.25, -0.2) is 9.97 Å². The molecule has 0 spiro atoms. The Morgan fingerprint density at radius 1 is 1.16 bits per heavy atom. The minimum atomic E-state index is 0.322. The molecule has 1 fully saturated rings. The van der Waals surface area contributed by atoms with Crippen LogP contribution in [0.1, 0.15) is 12.8 Å². The van der Waals surface area contributed by atoms with Gasteiger partial charge in [0.2, 0.25) is 0 Å². The van der Waals surface area contributed by atoms with E-state index >= 15 is 0 Å². The van der Waals surface area contributed by atoms with Gasteiger partial charge in [0.15, 0.2) is 11.6 Å². The molecule has 3 N–H and O–H groups in total. The number of nitrogens with two attached hydrogens (primary N) is 1. The van der Waals surface area contributed by atoms with E-state index in [0.29, 0.717) is 6.04 Å². The monoisotopic (exact) mass is 257 g/mol. The van der Waals surface area contributed by atoms with E-state index in [1.54, 1.807) is 0 Å². The summed E-state index contributed by atoms with van der Waals surface area (Å²) in [6.07, 6.45) is 2.02. The summed E-state index contributed by atoms with van der Waals surface area (Å²) in [5, 5.41) is 3.15. The topological polar surface area (TPSA) is 67.1 Å². The van der Waals surface area contributed by atoms with Gasteiger partial charge in [-0.15, -0.1) is 0 Å². The fourth-order valence-electron chi connectivity index (χ4n) is 2.49. The highest BCUT2D eigenvalue weighted by Crippen LogP contribution is 2.26. The molecule has 0 atom stereocenters. The Bertz CT molecular complexity index is 575. The lowest BCUT2D eigenvalue weighted by atomic mass is 10.1. The van der Waals surface area contributed by atoms with Gasteiger partial charge in [0.05, 0.1) is 11.0 Å². The highest BCUT2D eigenvalue weighted by atomic mass is 15.2. The first-order chi connectivity index (χ1) is 9.28. The van der Waals surface area contributed by atoms with Crippen molar-refractivity contribution in [2.75, 3.05) is 30.4 Å². The Morgan fingerprint density at radius 3 is 2.42 bits per heavy atom. The Kier molecular flexibility index (Phi) is 3.21. The number of benzene rings is 1. The Hall–Kier alpha value is -1.88. The quantitative estimate of drug-likeness (QED) is 0.855. The Labute approximate surface area is 112 Å². The van der Waals surface area contributed by atoms with Crippen LogP contribution in [0.4, 0.5) is 11.6 Å². The van der Waals surface area contributed by atoms with Crippen LogP contribution in [0.15, 0.2) is 24.3 Å². The fourth-order valence-corrected chi connectivity index (χ4v) is 2.49. The van der Waals surface area contributed by atoms with Gasteiger partial charge >= 0.3 is 0 Å². The highest BCUT2D eigenvalue weighted by molar-refractivity contribution is 5.80. The third kappa shape index (κ3) is 2.33. The van der Waals surface area contributed by atoms with Gasteiger partial charge < -0.3 is 16.0 Å². The van der Waals surface area contributed by atoms with E-state index < -0.39 is 0 Å². The first-order valence-electron chi connectivity index (χ1n) is 6.73. The maximum absolute atomic E-state index is 5.96. The molecule has 1 aliphatic heterocycles. The van der Waals surface area contributed by atoms with Gasteiger partial charge in [-0.2, -0.15) is 0 Å². The van der Waals surface area contributed by atoms with Crippen LogP contribution in [-0.4, -0.2) is 36.1 Å². The summed E-state index contributed by atoms with van der Waals surface area (Å²) >= 11 is 0. The number of anilines is 2. The molecule has 0 aliphatic carbocycles. The van der Waals surface area contributed by atoms with Crippen LogP contribution in [0, 0.1) is 0 Å². The minimum absolute atomic E-state index is 0.322. The third-order valence-electron chi connectivity index (χ3n) is 3.63. The second-order valence-corrected chi connectivity index (χ2v) is 4.96. The van der Waals surface area contributed by atoms with Gasteiger partial charge in [-0.05, 0) is 25.0 Å². The molecule has 5 heteroatoms. The van der Waals surface area contributed by atoms with E-state index in [2.05, 4.69) is 15.2 Å². The maximum Gasteiger partial charge on any atom is 0.172 e. The molecular formula is C14H19N5. The first kappa shape index (κ1) is 12.2.